The number of aromatic nitrogens is 4. The number of nitrogens with zero attached hydrogens (tertiary/aromatic N) is 5. The average Bonchev–Trinajstić information content (AvgIpc) is 2.73. The van der Waals surface area contributed by atoms with Crippen LogP contribution >= 0.6 is 0 Å². The molecule has 0 spiro atoms. The number of hydrogen-bond acceptors (Lipinski definition) is 5. The second-order valence-corrected chi connectivity index (χ2v) is 3.74. The zero-order valence-corrected chi connectivity index (χ0v) is 10.3. The van der Waals surface area contributed by atoms with Crippen LogP contribution in [0.25, 0.3) is 0 Å². The zero-order chi connectivity index (χ0) is 11.8. The Morgan fingerprint density at radius 3 is 2.69 bits per heavy atom. The molecule has 0 aliphatic rings. The van der Waals surface area contributed by atoms with Crippen molar-refractivity contribution in [3.63, 3.8) is 0 Å². The normalized spacial score (nSPS) is 11.2. The van der Waals surface area contributed by atoms with Gasteiger partial charge in [-0.05, 0) is 43.0 Å². The number of hydrogen-bond donors (Lipinski definition) is 1. The summed E-state index contributed by atoms with van der Waals surface area (Å²) in [6.07, 6.45) is 1.82. The van der Waals surface area contributed by atoms with Crippen LogP contribution in [0.15, 0.2) is 0 Å². The Hall–Kier alpha value is -1.01. The molecular formula is C10H22N6. The topological polar surface area (TPSA) is 72.9 Å². The molecule has 16 heavy (non-hydrogen) atoms. The summed E-state index contributed by atoms with van der Waals surface area (Å²) < 4.78 is 1.86. The fourth-order valence-electron chi connectivity index (χ4n) is 1.69. The van der Waals surface area contributed by atoms with Crippen molar-refractivity contribution in [1.82, 2.24) is 25.1 Å². The zero-order valence-electron chi connectivity index (χ0n) is 10.3. The minimum atomic E-state index is 0.594. The fraction of sp³-hybridized carbons (Fsp3) is 0.900. The van der Waals surface area contributed by atoms with Gasteiger partial charge in [-0.2, -0.15) is 0 Å². The summed E-state index contributed by atoms with van der Waals surface area (Å²) in [6.45, 7) is 9.12. The number of tetrazole rings is 1. The summed E-state index contributed by atoms with van der Waals surface area (Å²) in [5.74, 6) is 0.891. The van der Waals surface area contributed by atoms with Crippen molar-refractivity contribution in [3.05, 3.63) is 5.82 Å². The van der Waals surface area contributed by atoms with Crippen molar-refractivity contribution >= 4 is 0 Å². The van der Waals surface area contributed by atoms with Crippen LogP contribution in [-0.4, -0.2) is 51.3 Å². The highest BCUT2D eigenvalue weighted by Gasteiger charge is 2.05. The van der Waals surface area contributed by atoms with E-state index in [1.54, 1.807) is 0 Å². The molecule has 0 saturated heterocycles. The summed E-state index contributed by atoms with van der Waals surface area (Å²) >= 11 is 0. The third kappa shape index (κ3) is 3.86. The van der Waals surface area contributed by atoms with Gasteiger partial charge in [0.15, 0.2) is 5.82 Å². The Morgan fingerprint density at radius 1 is 1.31 bits per heavy atom. The second kappa shape index (κ2) is 7.29. The van der Waals surface area contributed by atoms with E-state index in [0.717, 1.165) is 44.8 Å². The molecule has 0 aliphatic carbocycles. The average molecular weight is 226 g/mol. The van der Waals surface area contributed by atoms with Crippen molar-refractivity contribution < 1.29 is 0 Å². The van der Waals surface area contributed by atoms with Crippen LogP contribution in [0.2, 0.25) is 0 Å². The molecule has 0 fully saturated rings. The molecule has 6 heteroatoms. The number of rotatable bonds is 8. The van der Waals surface area contributed by atoms with Crippen LogP contribution in [0.1, 0.15) is 26.1 Å². The van der Waals surface area contributed by atoms with E-state index >= 15 is 0 Å². The maximum Gasteiger partial charge on any atom is 0.152 e. The van der Waals surface area contributed by atoms with E-state index in [0.29, 0.717) is 6.54 Å². The van der Waals surface area contributed by atoms with Gasteiger partial charge < -0.3 is 10.6 Å². The third-order valence-corrected chi connectivity index (χ3v) is 2.71. The summed E-state index contributed by atoms with van der Waals surface area (Å²) in [5.41, 5.74) is 5.49. The molecule has 92 valence electrons. The van der Waals surface area contributed by atoms with E-state index in [2.05, 4.69) is 34.3 Å². The van der Waals surface area contributed by atoms with Gasteiger partial charge >= 0.3 is 0 Å². The Morgan fingerprint density at radius 2 is 2.06 bits per heavy atom. The Bertz CT molecular complexity index is 281. The lowest BCUT2D eigenvalue weighted by Gasteiger charge is -2.17. The van der Waals surface area contributed by atoms with Crippen molar-refractivity contribution in [2.75, 3.05) is 26.2 Å². The first-order chi connectivity index (χ1) is 7.81. The third-order valence-electron chi connectivity index (χ3n) is 2.71. The van der Waals surface area contributed by atoms with E-state index < -0.39 is 0 Å². The number of aryl methyl sites for hydroxylation is 1. The Kier molecular flexibility index (Phi) is 5.95. The molecule has 0 aromatic carbocycles. The quantitative estimate of drug-likeness (QED) is 0.670. The Balaban J connectivity index is 2.33. The van der Waals surface area contributed by atoms with Crippen molar-refractivity contribution in [1.29, 1.82) is 0 Å². The standard InChI is InChI=1S/C10H22N6/c1-3-15(4-2)8-5-9-16-10(6-7-11)12-13-14-16/h3-9,11H2,1-2H3. The lowest BCUT2D eigenvalue weighted by molar-refractivity contribution is 0.289. The molecular weight excluding hydrogens is 204 g/mol. The van der Waals surface area contributed by atoms with Gasteiger partial charge in [-0.25, -0.2) is 4.68 Å². The van der Waals surface area contributed by atoms with Gasteiger partial charge in [-0.3, -0.25) is 0 Å². The molecule has 0 amide bonds. The summed E-state index contributed by atoms with van der Waals surface area (Å²) in [6, 6.07) is 0. The molecule has 1 aromatic rings. The minimum Gasteiger partial charge on any atom is -0.330 e. The van der Waals surface area contributed by atoms with Crippen LogP contribution < -0.4 is 5.73 Å². The van der Waals surface area contributed by atoms with Crippen LogP contribution in [0.3, 0.4) is 0 Å². The van der Waals surface area contributed by atoms with Crippen LogP contribution in [0.5, 0.6) is 0 Å². The first-order valence-corrected chi connectivity index (χ1v) is 5.99. The number of nitrogens with two attached hydrogens (primary N) is 1. The van der Waals surface area contributed by atoms with Crippen molar-refractivity contribution in [2.24, 2.45) is 5.73 Å². The molecule has 2 N–H and O–H groups in total. The predicted molar refractivity (Wildman–Crippen MR) is 63.0 cm³/mol. The van der Waals surface area contributed by atoms with E-state index in [4.69, 9.17) is 5.73 Å². The van der Waals surface area contributed by atoms with Crippen molar-refractivity contribution in [2.45, 2.75) is 33.2 Å². The molecule has 0 saturated carbocycles. The largest absolute Gasteiger partial charge is 0.330 e. The van der Waals surface area contributed by atoms with Crippen LogP contribution in [0, 0.1) is 0 Å². The summed E-state index contributed by atoms with van der Waals surface area (Å²) in [7, 11) is 0. The molecule has 0 aliphatic heterocycles. The maximum atomic E-state index is 5.49. The molecule has 1 rings (SSSR count). The maximum absolute atomic E-state index is 5.49. The highest BCUT2D eigenvalue weighted by atomic mass is 15.5. The van der Waals surface area contributed by atoms with E-state index in [1.807, 2.05) is 4.68 Å². The van der Waals surface area contributed by atoms with E-state index in [1.165, 1.54) is 0 Å². The SMILES string of the molecule is CCN(CC)CCCn1nnnc1CCN. The van der Waals surface area contributed by atoms with Crippen LogP contribution in [-0.2, 0) is 13.0 Å². The lowest BCUT2D eigenvalue weighted by Crippen LogP contribution is -2.25. The highest BCUT2D eigenvalue weighted by Crippen LogP contribution is 1.97. The smallest absolute Gasteiger partial charge is 0.152 e. The Labute approximate surface area is 96.8 Å². The van der Waals surface area contributed by atoms with E-state index in [9.17, 15) is 0 Å². The molecule has 6 nitrogen and oxygen atoms in total. The van der Waals surface area contributed by atoms with Gasteiger partial charge in [0.25, 0.3) is 0 Å². The monoisotopic (exact) mass is 226 g/mol. The summed E-state index contributed by atoms with van der Waals surface area (Å²) in [5, 5.41) is 11.6. The lowest BCUT2D eigenvalue weighted by atomic mass is 10.3. The first kappa shape index (κ1) is 13.1. The summed E-state index contributed by atoms with van der Waals surface area (Å²) in [4.78, 5) is 2.40. The molecule has 1 aromatic heterocycles. The van der Waals surface area contributed by atoms with Crippen molar-refractivity contribution in [3.8, 4) is 0 Å². The highest BCUT2D eigenvalue weighted by molar-refractivity contribution is 4.81. The molecule has 0 atom stereocenters. The minimum absolute atomic E-state index is 0.594. The predicted octanol–water partition coefficient (Wildman–Crippen LogP) is -0.0938. The molecule has 1 heterocycles. The van der Waals surface area contributed by atoms with Gasteiger partial charge in [0, 0.05) is 13.0 Å². The van der Waals surface area contributed by atoms with Gasteiger partial charge in [-0.1, -0.05) is 13.8 Å². The second-order valence-electron chi connectivity index (χ2n) is 3.74. The van der Waals surface area contributed by atoms with Gasteiger partial charge in [0.2, 0.25) is 0 Å². The molecule has 0 radical (unpaired) electrons. The van der Waals surface area contributed by atoms with Gasteiger partial charge in [-0.15, -0.1) is 5.10 Å². The molecule has 0 unspecified atom stereocenters. The van der Waals surface area contributed by atoms with Crippen LogP contribution in [0.4, 0.5) is 0 Å². The first-order valence-electron chi connectivity index (χ1n) is 5.99. The van der Waals surface area contributed by atoms with Gasteiger partial charge in [0.1, 0.15) is 0 Å². The van der Waals surface area contributed by atoms with Gasteiger partial charge in [0.05, 0.1) is 0 Å². The van der Waals surface area contributed by atoms with E-state index in [-0.39, 0.29) is 0 Å². The fourth-order valence-corrected chi connectivity index (χ4v) is 1.69. The molecule has 0 bridgehead atoms.